The summed E-state index contributed by atoms with van der Waals surface area (Å²) in [4.78, 5) is 20.2. The summed E-state index contributed by atoms with van der Waals surface area (Å²) in [6.45, 7) is 6.78. The molecule has 2 aromatic rings. The number of thiazole rings is 1. The molecule has 0 aliphatic rings. The molecule has 0 unspecified atom stereocenters. The lowest BCUT2D eigenvalue weighted by Gasteiger charge is -2.10. The van der Waals surface area contributed by atoms with Gasteiger partial charge in [-0.15, -0.1) is 11.3 Å². The van der Waals surface area contributed by atoms with E-state index in [4.69, 9.17) is 4.52 Å². The number of urea groups is 1. The van der Waals surface area contributed by atoms with E-state index in [0.717, 1.165) is 10.7 Å². The van der Waals surface area contributed by atoms with Gasteiger partial charge in [-0.2, -0.15) is 4.98 Å². The van der Waals surface area contributed by atoms with E-state index in [1.165, 1.54) is 0 Å². The first kappa shape index (κ1) is 15.4. The average Bonchev–Trinajstić information content (AvgIpc) is 3.05. The van der Waals surface area contributed by atoms with Crippen LogP contribution in [0, 0.1) is 13.8 Å². The number of aryl methyl sites for hydroxylation is 2. The normalized spacial score (nSPS) is 12.1. The topological polar surface area (TPSA) is 92.9 Å². The van der Waals surface area contributed by atoms with Crippen LogP contribution in [0.4, 0.5) is 4.79 Å². The summed E-state index contributed by atoms with van der Waals surface area (Å²) < 4.78 is 4.96. The highest BCUT2D eigenvalue weighted by molar-refractivity contribution is 7.09. The summed E-state index contributed by atoms with van der Waals surface area (Å²) in [6.07, 6.45) is 0.523. The van der Waals surface area contributed by atoms with Gasteiger partial charge in [0.05, 0.1) is 5.01 Å². The fraction of sp³-hybridized carbons (Fsp3) is 0.538. The van der Waals surface area contributed by atoms with E-state index >= 15 is 0 Å². The van der Waals surface area contributed by atoms with E-state index in [-0.39, 0.29) is 11.9 Å². The molecule has 0 fully saturated rings. The van der Waals surface area contributed by atoms with Crippen molar-refractivity contribution in [1.29, 1.82) is 0 Å². The van der Waals surface area contributed by atoms with Crippen LogP contribution >= 0.6 is 11.3 Å². The molecule has 2 rings (SSSR count). The monoisotopic (exact) mass is 309 g/mol. The van der Waals surface area contributed by atoms with Crippen molar-refractivity contribution in [2.45, 2.75) is 33.1 Å². The second-order valence-electron chi connectivity index (χ2n) is 4.85. The molecule has 2 heterocycles. The molecule has 0 aromatic carbocycles. The minimum Gasteiger partial charge on any atom is -0.339 e. The lowest BCUT2D eigenvalue weighted by Crippen LogP contribution is -2.38. The van der Waals surface area contributed by atoms with Crippen molar-refractivity contribution in [1.82, 2.24) is 25.8 Å². The standard InChI is InChI=1S/C13H19N5O2S/c1-8(12-16-9(2)7-21-12)6-15-13(19)14-5-4-11-17-10(3)18-20-11/h7-8H,4-6H2,1-3H3,(H2,14,15,19)/t8-/m1/s1. The number of hydrogen-bond donors (Lipinski definition) is 2. The van der Waals surface area contributed by atoms with E-state index in [1.54, 1.807) is 18.3 Å². The highest BCUT2D eigenvalue weighted by Crippen LogP contribution is 2.18. The van der Waals surface area contributed by atoms with Gasteiger partial charge in [0.2, 0.25) is 5.89 Å². The number of carbonyl (C=O) groups is 1. The molecule has 2 aromatic heterocycles. The van der Waals surface area contributed by atoms with E-state index in [1.807, 2.05) is 19.2 Å². The molecule has 2 amide bonds. The second kappa shape index (κ2) is 7.16. The number of nitrogens with one attached hydrogen (secondary N) is 2. The quantitative estimate of drug-likeness (QED) is 0.848. The molecule has 0 radical (unpaired) electrons. The van der Waals surface area contributed by atoms with Gasteiger partial charge in [-0.1, -0.05) is 12.1 Å². The number of rotatable bonds is 6. The first-order valence-corrected chi connectivity index (χ1v) is 7.65. The second-order valence-corrected chi connectivity index (χ2v) is 5.74. The van der Waals surface area contributed by atoms with E-state index in [9.17, 15) is 4.79 Å². The lowest BCUT2D eigenvalue weighted by molar-refractivity contribution is 0.240. The largest absolute Gasteiger partial charge is 0.339 e. The summed E-state index contributed by atoms with van der Waals surface area (Å²) >= 11 is 1.62. The molecule has 2 N–H and O–H groups in total. The van der Waals surface area contributed by atoms with Gasteiger partial charge in [-0.25, -0.2) is 9.78 Å². The minimum absolute atomic E-state index is 0.202. The van der Waals surface area contributed by atoms with Crippen molar-refractivity contribution in [2.24, 2.45) is 0 Å². The maximum atomic E-state index is 11.7. The Labute approximate surface area is 127 Å². The molecule has 0 aliphatic heterocycles. The maximum absolute atomic E-state index is 11.7. The summed E-state index contributed by atoms with van der Waals surface area (Å²) in [7, 11) is 0. The van der Waals surface area contributed by atoms with Gasteiger partial charge in [-0.3, -0.25) is 0 Å². The molecule has 114 valence electrons. The zero-order chi connectivity index (χ0) is 15.2. The Bertz CT molecular complexity index is 595. The van der Waals surface area contributed by atoms with Crippen LogP contribution in [0.2, 0.25) is 0 Å². The van der Waals surface area contributed by atoms with Crippen LogP contribution in [-0.2, 0) is 6.42 Å². The molecular weight excluding hydrogens is 290 g/mol. The molecular formula is C13H19N5O2S. The zero-order valence-electron chi connectivity index (χ0n) is 12.3. The van der Waals surface area contributed by atoms with Gasteiger partial charge >= 0.3 is 6.03 Å². The Kier molecular flexibility index (Phi) is 5.26. The Hall–Kier alpha value is -1.96. The first-order valence-electron chi connectivity index (χ1n) is 6.77. The Morgan fingerprint density at radius 1 is 1.38 bits per heavy atom. The Balaban J connectivity index is 1.65. The van der Waals surface area contributed by atoms with Crippen molar-refractivity contribution in [3.8, 4) is 0 Å². The van der Waals surface area contributed by atoms with Crippen molar-refractivity contribution in [3.63, 3.8) is 0 Å². The fourth-order valence-corrected chi connectivity index (χ4v) is 2.58. The van der Waals surface area contributed by atoms with Crippen molar-refractivity contribution < 1.29 is 9.32 Å². The minimum atomic E-state index is -0.202. The van der Waals surface area contributed by atoms with E-state index < -0.39 is 0 Å². The van der Waals surface area contributed by atoms with Gasteiger partial charge in [-0.05, 0) is 13.8 Å². The predicted octanol–water partition coefficient (Wildman–Crippen LogP) is 1.79. The lowest BCUT2D eigenvalue weighted by atomic mass is 10.2. The number of hydrogen-bond acceptors (Lipinski definition) is 6. The van der Waals surface area contributed by atoms with Crippen LogP contribution in [0.15, 0.2) is 9.90 Å². The molecule has 21 heavy (non-hydrogen) atoms. The average molecular weight is 309 g/mol. The summed E-state index contributed by atoms with van der Waals surface area (Å²) in [6, 6.07) is -0.202. The molecule has 0 saturated heterocycles. The predicted molar refractivity (Wildman–Crippen MR) is 79.4 cm³/mol. The van der Waals surface area contributed by atoms with Crippen LogP contribution in [-0.4, -0.2) is 34.2 Å². The van der Waals surface area contributed by atoms with Crippen LogP contribution in [0.3, 0.4) is 0 Å². The molecule has 7 nitrogen and oxygen atoms in total. The summed E-state index contributed by atoms with van der Waals surface area (Å²) in [5.74, 6) is 1.33. The molecule has 0 spiro atoms. The molecule has 0 saturated carbocycles. The van der Waals surface area contributed by atoms with Gasteiger partial charge in [0.1, 0.15) is 0 Å². The number of nitrogens with zero attached hydrogens (tertiary/aromatic N) is 3. The van der Waals surface area contributed by atoms with Gasteiger partial charge in [0, 0.05) is 36.5 Å². The highest BCUT2D eigenvalue weighted by Gasteiger charge is 2.11. The van der Waals surface area contributed by atoms with Crippen LogP contribution < -0.4 is 10.6 Å². The molecule has 1 atom stereocenters. The first-order chi connectivity index (χ1) is 10.0. The van der Waals surface area contributed by atoms with Crippen molar-refractivity contribution in [2.75, 3.05) is 13.1 Å². The van der Waals surface area contributed by atoms with Crippen molar-refractivity contribution >= 4 is 17.4 Å². The third-order valence-corrected chi connectivity index (χ3v) is 4.02. The van der Waals surface area contributed by atoms with Crippen LogP contribution in [0.5, 0.6) is 0 Å². The Morgan fingerprint density at radius 2 is 2.19 bits per heavy atom. The third kappa shape index (κ3) is 4.82. The summed E-state index contributed by atoms with van der Waals surface area (Å²) in [5.41, 5.74) is 1.01. The number of carbonyl (C=O) groups excluding carboxylic acids is 1. The van der Waals surface area contributed by atoms with Crippen LogP contribution in [0.1, 0.15) is 35.3 Å². The zero-order valence-corrected chi connectivity index (χ0v) is 13.2. The van der Waals surface area contributed by atoms with Crippen molar-refractivity contribution in [3.05, 3.63) is 27.8 Å². The SMILES string of the molecule is Cc1csc([C@H](C)CNC(=O)NCCc2nc(C)no2)n1. The number of aromatic nitrogens is 3. The van der Waals surface area contributed by atoms with E-state index in [0.29, 0.717) is 31.2 Å². The number of amides is 2. The maximum Gasteiger partial charge on any atom is 0.314 e. The van der Waals surface area contributed by atoms with E-state index in [2.05, 4.69) is 25.8 Å². The van der Waals surface area contributed by atoms with Gasteiger partial charge in [0.15, 0.2) is 5.82 Å². The van der Waals surface area contributed by atoms with Gasteiger partial charge in [0.25, 0.3) is 0 Å². The highest BCUT2D eigenvalue weighted by atomic mass is 32.1. The Morgan fingerprint density at radius 3 is 2.81 bits per heavy atom. The molecule has 0 aliphatic carbocycles. The fourth-order valence-electron chi connectivity index (χ4n) is 1.72. The summed E-state index contributed by atoms with van der Waals surface area (Å²) in [5, 5.41) is 12.3. The smallest absolute Gasteiger partial charge is 0.314 e. The third-order valence-electron chi connectivity index (χ3n) is 2.82. The molecule has 0 bridgehead atoms. The van der Waals surface area contributed by atoms with Gasteiger partial charge < -0.3 is 15.2 Å². The molecule has 8 heteroatoms. The van der Waals surface area contributed by atoms with Crippen LogP contribution in [0.25, 0.3) is 0 Å².